The molecule has 0 spiro atoms. The summed E-state index contributed by atoms with van der Waals surface area (Å²) in [6, 6.07) is 18.2. The number of carbonyl (C=O) groups excluding carboxylic acids is 5. The van der Waals surface area contributed by atoms with Gasteiger partial charge < -0.3 is 28.4 Å². The maximum atomic E-state index is 14.3. The number of benzene rings is 2. The number of hydrogen-bond donors (Lipinski definition) is 0. The predicted octanol–water partition coefficient (Wildman–Crippen LogP) is 8.40. The second-order valence-corrected chi connectivity index (χ2v) is 19.6. The zero-order valence-corrected chi connectivity index (χ0v) is 38.0. The van der Waals surface area contributed by atoms with Gasteiger partial charge in [0, 0.05) is 6.54 Å². The highest BCUT2D eigenvalue weighted by Gasteiger charge is 2.59. The molecule has 6 unspecified atom stereocenters. The van der Waals surface area contributed by atoms with E-state index in [-0.39, 0.29) is 6.54 Å². The average molecular weight is 824 g/mol. The summed E-state index contributed by atoms with van der Waals surface area (Å²) in [7, 11) is 1.35. The molecule has 0 aliphatic carbocycles. The van der Waals surface area contributed by atoms with E-state index in [0.717, 1.165) is 11.1 Å². The molecule has 12 nitrogen and oxygen atoms in total. The molecule has 0 aromatic heterocycles. The Morgan fingerprint density at radius 2 is 1.02 bits per heavy atom. The highest BCUT2D eigenvalue weighted by atomic mass is 16.7. The third-order valence-electron chi connectivity index (χ3n) is 10.5. The van der Waals surface area contributed by atoms with Crippen LogP contribution >= 0.6 is 0 Å². The first-order chi connectivity index (χ1) is 27.2. The van der Waals surface area contributed by atoms with Crippen molar-refractivity contribution in [2.75, 3.05) is 13.7 Å². The first-order valence-corrected chi connectivity index (χ1v) is 20.6. The normalized spacial score (nSPS) is 20.9. The summed E-state index contributed by atoms with van der Waals surface area (Å²) in [5.74, 6) is -2.97. The van der Waals surface area contributed by atoms with Crippen LogP contribution in [0.25, 0.3) is 0 Å². The van der Waals surface area contributed by atoms with Gasteiger partial charge in [0.05, 0.1) is 40.2 Å². The lowest BCUT2D eigenvalue weighted by atomic mass is 9.71. The number of rotatable bonds is 14. The van der Waals surface area contributed by atoms with E-state index in [1.54, 1.807) is 83.1 Å². The molecule has 0 saturated carbocycles. The molecular weight excluding hydrogens is 755 g/mol. The highest BCUT2D eigenvalue weighted by Crippen LogP contribution is 2.49. The summed E-state index contributed by atoms with van der Waals surface area (Å²) in [5.41, 5.74) is -3.68. The quantitative estimate of drug-likeness (QED) is 0.133. The van der Waals surface area contributed by atoms with Gasteiger partial charge in [0.15, 0.2) is 24.5 Å². The second kappa shape index (κ2) is 19.4. The van der Waals surface area contributed by atoms with Crippen molar-refractivity contribution in [2.24, 2.45) is 27.1 Å². The molecule has 12 heteroatoms. The monoisotopic (exact) mass is 823 g/mol. The lowest BCUT2D eigenvalue weighted by Crippen LogP contribution is -2.68. The summed E-state index contributed by atoms with van der Waals surface area (Å²) in [5, 5.41) is 0. The fourth-order valence-electron chi connectivity index (χ4n) is 6.80. The molecular formula is C47H69NO11. The maximum Gasteiger partial charge on any atom is 0.313 e. The Morgan fingerprint density at radius 1 is 0.593 bits per heavy atom. The Kier molecular flexibility index (Phi) is 16.1. The van der Waals surface area contributed by atoms with Crippen LogP contribution in [0.1, 0.15) is 127 Å². The van der Waals surface area contributed by atoms with Crippen LogP contribution in [0.5, 0.6) is 0 Å². The Hall–Kier alpha value is -4.29. The van der Waals surface area contributed by atoms with E-state index >= 15 is 0 Å². The van der Waals surface area contributed by atoms with Gasteiger partial charge in [0.1, 0.15) is 12.7 Å². The Bertz CT molecular complexity index is 1730. The average Bonchev–Trinajstić information content (AvgIpc) is 3.15. The minimum absolute atomic E-state index is 0.133. The van der Waals surface area contributed by atoms with E-state index in [4.69, 9.17) is 28.4 Å². The lowest BCUT2D eigenvalue weighted by molar-refractivity contribution is -0.293. The van der Waals surface area contributed by atoms with Crippen LogP contribution in [0.3, 0.4) is 0 Å². The Labute approximate surface area is 352 Å². The van der Waals surface area contributed by atoms with Gasteiger partial charge in [-0.2, -0.15) is 0 Å². The minimum Gasteiger partial charge on any atom is -0.469 e. The van der Waals surface area contributed by atoms with E-state index in [9.17, 15) is 24.0 Å². The van der Waals surface area contributed by atoms with Crippen LogP contribution in [-0.4, -0.2) is 79.1 Å². The van der Waals surface area contributed by atoms with Crippen LogP contribution in [0, 0.1) is 27.1 Å². The van der Waals surface area contributed by atoms with Gasteiger partial charge in [-0.15, -0.1) is 0 Å². The number of carbonyl (C=O) groups is 5. The fourth-order valence-corrected chi connectivity index (χ4v) is 6.80. The zero-order chi connectivity index (χ0) is 44.7. The summed E-state index contributed by atoms with van der Waals surface area (Å²) in [6.45, 7) is 23.8. The van der Waals surface area contributed by atoms with Gasteiger partial charge in [0.2, 0.25) is 0 Å². The summed E-state index contributed by atoms with van der Waals surface area (Å²) in [4.78, 5) is 71.8. The fraction of sp³-hybridized carbons (Fsp3) is 0.638. The Morgan fingerprint density at radius 3 is 1.44 bits per heavy atom. The molecule has 2 aromatic rings. The first kappa shape index (κ1) is 49.1. The van der Waals surface area contributed by atoms with Gasteiger partial charge in [0.25, 0.3) is 0 Å². The smallest absolute Gasteiger partial charge is 0.313 e. The Balaban J connectivity index is 2.55. The second-order valence-electron chi connectivity index (χ2n) is 19.6. The van der Waals surface area contributed by atoms with Gasteiger partial charge in [-0.1, -0.05) is 74.5 Å². The third kappa shape index (κ3) is 12.2. The number of esters is 5. The molecule has 6 atom stereocenters. The summed E-state index contributed by atoms with van der Waals surface area (Å²) < 4.78 is 37.7. The molecule has 328 valence electrons. The van der Waals surface area contributed by atoms with Crippen molar-refractivity contribution in [1.29, 1.82) is 0 Å². The van der Waals surface area contributed by atoms with Gasteiger partial charge >= 0.3 is 29.8 Å². The molecule has 1 heterocycles. The lowest BCUT2D eigenvalue weighted by Gasteiger charge is -2.53. The largest absolute Gasteiger partial charge is 0.469 e. The van der Waals surface area contributed by atoms with E-state index in [2.05, 4.69) is 0 Å². The summed E-state index contributed by atoms with van der Waals surface area (Å²) in [6.07, 6.45) is -6.27. The van der Waals surface area contributed by atoms with Gasteiger partial charge in [-0.3, -0.25) is 28.9 Å². The molecule has 0 radical (unpaired) electrons. The van der Waals surface area contributed by atoms with Crippen molar-refractivity contribution < 1.29 is 52.4 Å². The van der Waals surface area contributed by atoms with E-state index in [0.29, 0.717) is 12.8 Å². The molecule has 0 amide bonds. The van der Waals surface area contributed by atoms with E-state index < -0.39 is 100 Å². The molecule has 1 aliphatic rings. The van der Waals surface area contributed by atoms with Crippen molar-refractivity contribution in [1.82, 2.24) is 4.90 Å². The van der Waals surface area contributed by atoms with Crippen molar-refractivity contribution >= 4 is 29.8 Å². The maximum absolute atomic E-state index is 14.3. The topological polar surface area (TPSA) is 144 Å². The molecule has 0 N–H and O–H groups in total. The van der Waals surface area contributed by atoms with Crippen molar-refractivity contribution in [3.8, 4) is 0 Å². The van der Waals surface area contributed by atoms with Crippen LogP contribution in [0.15, 0.2) is 60.7 Å². The molecule has 1 saturated heterocycles. The molecule has 1 aliphatic heterocycles. The number of nitrogens with zero attached hydrogens (tertiary/aromatic N) is 1. The van der Waals surface area contributed by atoms with Crippen molar-refractivity contribution in [3.63, 3.8) is 0 Å². The molecule has 3 rings (SSSR count). The minimum atomic E-state index is -1.48. The zero-order valence-electron chi connectivity index (χ0n) is 38.0. The van der Waals surface area contributed by atoms with Gasteiger partial charge in [-0.05, 0) is 107 Å². The van der Waals surface area contributed by atoms with Gasteiger partial charge in [-0.25, -0.2) is 0 Å². The van der Waals surface area contributed by atoms with Crippen molar-refractivity contribution in [3.05, 3.63) is 71.8 Å². The summed E-state index contributed by atoms with van der Waals surface area (Å²) >= 11 is 0. The highest BCUT2D eigenvalue weighted by molar-refractivity contribution is 5.79. The van der Waals surface area contributed by atoms with Crippen molar-refractivity contribution in [2.45, 2.75) is 153 Å². The number of ether oxygens (including phenoxy) is 6. The van der Waals surface area contributed by atoms with Crippen LogP contribution in [-0.2, 0) is 58.9 Å². The molecule has 2 aromatic carbocycles. The SMILES string of the molecule is CCC(CC)(C(=O)OC)C(c1ccccc1)N(Cc1ccccc1)C1OC(COC(=O)C(C)(C)C)C(OC(=O)C(C)(C)C)C(OC(=O)C(C)(C)C)C1OC(=O)C(C)(C)C. The predicted molar refractivity (Wildman–Crippen MR) is 223 cm³/mol. The third-order valence-corrected chi connectivity index (χ3v) is 10.5. The molecule has 1 fully saturated rings. The van der Waals surface area contributed by atoms with Crippen LogP contribution in [0.4, 0.5) is 0 Å². The first-order valence-electron chi connectivity index (χ1n) is 20.6. The van der Waals surface area contributed by atoms with E-state index in [1.165, 1.54) is 7.11 Å². The van der Waals surface area contributed by atoms with Crippen LogP contribution in [0.2, 0.25) is 0 Å². The standard InChI is InChI=1S/C47H69NO11/c1-16-47(17-2,42(53)54-15)36(31-26-22-19-23-27-31)48(28-30-24-20-18-21-25-30)37-35(59-41(52)46(12,13)14)34(58-40(51)45(9,10)11)33(57-39(50)44(6,7)8)32(56-37)29-55-38(49)43(3,4)5/h18-27,32-37H,16-17,28-29H2,1-15H3. The van der Waals surface area contributed by atoms with Crippen LogP contribution < -0.4 is 0 Å². The molecule has 59 heavy (non-hydrogen) atoms. The molecule has 0 bridgehead atoms. The number of methoxy groups -OCH3 is 1. The number of hydrogen-bond acceptors (Lipinski definition) is 12. The van der Waals surface area contributed by atoms with E-state index in [1.807, 2.05) is 79.4 Å².